The van der Waals surface area contributed by atoms with Gasteiger partial charge in [0.05, 0.1) is 10.7 Å². The molecule has 2 rings (SSSR count). The zero-order valence-corrected chi connectivity index (χ0v) is 9.87. The smallest absolute Gasteiger partial charge is 0.0926 e. The van der Waals surface area contributed by atoms with Crippen LogP contribution in [-0.2, 0) is 13.5 Å². The lowest BCUT2D eigenvalue weighted by atomic mass is 10.1. The third-order valence-corrected chi connectivity index (χ3v) is 2.55. The van der Waals surface area contributed by atoms with E-state index in [2.05, 4.69) is 5.10 Å². The second kappa shape index (κ2) is 4.45. The molecule has 0 radical (unpaired) electrons. The van der Waals surface area contributed by atoms with Gasteiger partial charge in [-0.15, -0.1) is 0 Å². The van der Waals surface area contributed by atoms with Crippen LogP contribution >= 0.6 is 12.2 Å². The molecule has 0 atom stereocenters. The summed E-state index contributed by atoms with van der Waals surface area (Å²) >= 11 is 4.90. The average Bonchev–Trinajstić information content (AvgIpc) is 2.61. The molecule has 0 aliphatic carbocycles. The SMILES string of the molecule is Cn1nc(-c2ccccc2)cc1CC(N)=S. The monoisotopic (exact) mass is 231 g/mol. The van der Waals surface area contributed by atoms with Crippen LogP contribution in [0.4, 0.5) is 0 Å². The van der Waals surface area contributed by atoms with Crippen LogP contribution in [-0.4, -0.2) is 14.8 Å². The minimum absolute atomic E-state index is 0.489. The summed E-state index contributed by atoms with van der Waals surface area (Å²) in [4.78, 5) is 0.489. The summed E-state index contributed by atoms with van der Waals surface area (Å²) in [6.07, 6.45) is 0.589. The molecule has 0 saturated carbocycles. The van der Waals surface area contributed by atoms with Crippen molar-refractivity contribution in [2.45, 2.75) is 6.42 Å². The molecule has 2 aromatic rings. The molecule has 0 fully saturated rings. The Balaban J connectivity index is 2.34. The van der Waals surface area contributed by atoms with Crippen molar-refractivity contribution in [1.82, 2.24) is 9.78 Å². The van der Waals surface area contributed by atoms with Gasteiger partial charge >= 0.3 is 0 Å². The second-order valence-electron chi connectivity index (χ2n) is 3.65. The van der Waals surface area contributed by atoms with Gasteiger partial charge in [-0.05, 0) is 6.07 Å². The molecule has 1 aromatic heterocycles. The minimum atomic E-state index is 0.489. The maximum absolute atomic E-state index is 5.53. The molecule has 0 amide bonds. The summed E-state index contributed by atoms with van der Waals surface area (Å²) < 4.78 is 1.82. The highest BCUT2D eigenvalue weighted by Gasteiger charge is 2.07. The Hall–Kier alpha value is -1.68. The van der Waals surface area contributed by atoms with Crippen LogP contribution in [0.3, 0.4) is 0 Å². The van der Waals surface area contributed by atoms with Crippen LogP contribution in [0.15, 0.2) is 36.4 Å². The van der Waals surface area contributed by atoms with Gasteiger partial charge < -0.3 is 5.73 Å². The molecule has 0 aliphatic rings. The summed E-state index contributed by atoms with van der Waals surface area (Å²) in [6.45, 7) is 0. The van der Waals surface area contributed by atoms with E-state index in [1.165, 1.54) is 0 Å². The maximum atomic E-state index is 5.53. The Morgan fingerprint density at radius 3 is 2.69 bits per heavy atom. The lowest BCUT2D eigenvalue weighted by Gasteiger charge is -1.97. The first-order valence-electron chi connectivity index (χ1n) is 5.03. The van der Waals surface area contributed by atoms with Crippen LogP contribution in [0, 0.1) is 0 Å². The highest BCUT2D eigenvalue weighted by atomic mass is 32.1. The van der Waals surface area contributed by atoms with E-state index in [4.69, 9.17) is 18.0 Å². The van der Waals surface area contributed by atoms with Crippen LogP contribution in [0.1, 0.15) is 5.69 Å². The van der Waals surface area contributed by atoms with Gasteiger partial charge in [0.15, 0.2) is 0 Å². The zero-order chi connectivity index (χ0) is 11.5. The van der Waals surface area contributed by atoms with Crippen molar-refractivity contribution in [1.29, 1.82) is 0 Å². The number of nitrogens with two attached hydrogens (primary N) is 1. The number of aryl methyl sites for hydroxylation is 1. The van der Waals surface area contributed by atoms with E-state index in [-0.39, 0.29) is 0 Å². The normalized spacial score (nSPS) is 10.3. The highest BCUT2D eigenvalue weighted by Crippen LogP contribution is 2.18. The predicted molar refractivity (Wildman–Crippen MR) is 69.1 cm³/mol. The standard InChI is InChI=1S/C12H13N3S/c1-15-10(8-12(13)16)7-11(14-15)9-5-3-2-4-6-9/h2-7H,8H2,1H3,(H2,13,16). The molecular weight excluding hydrogens is 218 g/mol. The third-order valence-electron chi connectivity index (χ3n) is 2.40. The number of rotatable bonds is 3. The lowest BCUT2D eigenvalue weighted by molar-refractivity contribution is 0.734. The quantitative estimate of drug-likeness (QED) is 0.821. The van der Waals surface area contributed by atoms with Gasteiger partial charge in [-0.25, -0.2) is 0 Å². The maximum Gasteiger partial charge on any atom is 0.0926 e. The van der Waals surface area contributed by atoms with Crippen molar-refractivity contribution >= 4 is 17.2 Å². The van der Waals surface area contributed by atoms with Gasteiger partial charge in [-0.3, -0.25) is 4.68 Å². The molecule has 3 nitrogen and oxygen atoms in total. The second-order valence-corrected chi connectivity index (χ2v) is 4.18. The molecule has 0 bridgehead atoms. The summed E-state index contributed by atoms with van der Waals surface area (Å²) in [5, 5.41) is 4.44. The molecule has 0 saturated heterocycles. The number of aromatic nitrogens is 2. The molecule has 1 aromatic carbocycles. The van der Waals surface area contributed by atoms with Crippen molar-refractivity contribution in [3.63, 3.8) is 0 Å². The van der Waals surface area contributed by atoms with Gasteiger partial charge in [0.1, 0.15) is 0 Å². The number of thiocarbonyl (C=S) groups is 1. The fourth-order valence-electron chi connectivity index (χ4n) is 1.60. The molecule has 16 heavy (non-hydrogen) atoms. The number of hydrogen-bond donors (Lipinski definition) is 1. The van der Waals surface area contributed by atoms with Gasteiger partial charge in [0, 0.05) is 24.7 Å². The summed E-state index contributed by atoms with van der Waals surface area (Å²) in [6, 6.07) is 12.1. The Morgan fingerprint density at radius 2 is 2.06 bits per heavy atom. The molecule has 0 unspecified atom stereocenters. The summed E-state index contributed by atoms with van der Waals surface area (Å²) in [7, 11) is 1.90. The molecular formula is C12H13N3S. The van der Waals surface area contributed by atoms with Crippen LogP contribution in [0.5, 0.6) is 0 Å². The van der Waals surface area contributed by atoms with E-state index in [1.807, 2.05) is 48.1 Å². The summed E-state index contributed by atoms with van der Waals surface area (Å²) in [5.74, 6) is 0. The largest absolute Gasteiger partial charge is 0.393 e. The van der Waals surface area contributed by atoms with Crippen molar-refractivity contribution in [2.24, 2.45) is 12.8 Å². The lowest BCUT2D eigenvalue weighted by Crippen LogP contribution is -2.13. The Morgan fingerprint density at radius 1 is 1.38 bits per heavy atom. The van der Waals surface area contributed by atoms with Gasteiger partial charge in [0.2, 0.25) is 0 Å². The van der Waals surface area contributed by atoms with Crippen molar-refractivity contribution in [2.75, 3.05) is 0 Å². The molecule has 2 N–H and O–H groups in total. The molecule has 0 aliphatic heterocycles. The topological polar surface area (TPSA) is 43.8 Å². The average molecular weight is 231 g/mol. The predicted octanol–water partition coefficient (Wildman–Crippen LogP) is 1.92. The molecule has 4 heteroatoms. The van der Waals surface area contributed by atoms with E-state index in [0.29, 0.717) is 11.4 Å². The Kier molecular flexibility index (Phi) is 3.01. The van der Waals surface area contributed by atoms with Crippen molar-refractivity contribution < 1.29 is 0 Å². The van der Waals surface area contributed by atoms with E-state index in [0.717, 1.165) is 17.0 Å². The third kappa shape index (κ3) is 2.28. The first-order chi connectivity index (χ1) is 7.66. The minimum Gasteiger partial charge on any atom is -0.393 e. The summed E-state index contributed by atoms with van der Waals surface area (Å²) in [5.41, 5.74) is 8.62. The number of benzene rings is 1. The van der Waals surface area contributed by atoms with E-state index < -0.39 is 0 Å². The first-order valence-corrected chi connectivity index (χ1v) is 5.44. The van der Waals surface area contributed by atoms with Crippen LogP contribution < -0.4 is 5.73 Å². The van der Waals surface area contributed by atoms with Crippen LogP contribution in [0.2, 0.25) is 0 Å². The first kappa shape index (κ1) is 10.8. The van der Waals surface area contributed by atoms with Gasteiger partial charge in [-0.1, -0.05) is 42.5 Å². The van der Waals surface area contributed by atoms with Gasteiger partial charge in [-0.2, -0.15) is 5.10 Å². The van der Waals surface area contributed by atoms with Gasteiger partial charge in [0.25, 0.3) is 0 Å². The molecule has 0 spiro atoms. The number of hydrogen-bond acceptors (Lipinski definition) is 2. The molecule has 82 valence electrons. The number of nitrogens with zero attached hydrogens (tertiary/aromatic N) is 2. The fraction of sp³-hybridized carbons (Fsp3) is 0.167. The van der Waals surface area contributed by atoms with E-state index >= 15 is 0 Å². The van der Waals surface area contributed by atoms with Crippen LogP contribution in [0.25, 0.3) is 11.3 Å². The highest BCUT2D eigenvalue weighted by molar-refractivity contribution is 7.80. The van der Waals surface area contributed by atoms with E-state index in [9.17, 15) is 0 Å². The fourth-order valence-corrected chi connectivity index (χ4v) is 1.75. The zero-order valence-electron chi connectivity index (χ0n) is 9.05. The van der Waals surface area contributed by atoms with Crippen molar-refractivity contribution in [3.05, 3.63) is 42.1 Å². The molecule has 1 heterocycles. The van der Waals surface area contributed by atoms with E-state index in [1.54, 1.807) is 0 Å². The Labute approximate surface area is 99.9 Å². The Bertz CT molecular complexity index is 502. The van der Waals surface area contributed by atoms with Crippen molar-refractivity contribution in [3.8, 4) is 11.3 Å².